The summed E-state index contributed by atoms with van der Waals surface area (Å²) in [6.45, 7) is 1.52. The number of nitrogens with one attached hydrogen (secondary N) is 1. The smallest absolute Gasteiger partial charge is 0.263 e. The number of hydrogen-bond donors (Lipinski definition) is 1. The van der Waals surface area contributed by atoms with Crippen LogP contribution in [0.3, 0.4) is 0 Å². The van der Waals surface area contributed by atoms with Crippen molar-refractivity contribution >= 4 is 58.7 Å². The van der Waals surface area contributed by atoms with Crippen LogP contribution in [0.2, 0.25) is 5.02 Å². The van der Waals surface area contributed by atoms with Crippen LogP contribution in [0.1, 0.15) is 6.92 Å². The van der Waals surface area contributed by atoms with E-state index in [0.29, 0.717) is 10.2 Å². The lowest BCUT2D eigenvalue weighted by Crippen LogP contribution is -2.13. The molecule has 3 aromatic rings. The molecule has 0 fully saturated rings. The molecule has 6 nitrogen and oxygen atoms in total. The van der Waals surface area contributed by atoms with E-state index in [9.17, 15) is 21.2 Å². The van der Waals surface area contributed by atoms with Gasteiger partial charge in [0.2, 0.25) is 14.2 Å². The molecular formula is C15H12ClFN2O4S3. The van der Waals surface area contributed by atoms with Gasteiger partial charge in [0.15, 0.2) is 0 Å². The van der Waals surface area contributed by atoms with Crippen LogP contribution in [0.25, 0.3) is 10.2 Å². The van der Waals surface area contributed by atoms with E-state index in [1.807, 2.05) is 0 Å². The number of hydrogen-bond acceptors (Lipinski definition) is 6. The average molecular weight is 435 g/mol. The van der Waals surface area contributed by atoms with Crippen LogP contribution < -0.4 is 4.72 Å². The van der Waals surface area contributed by atoms with E-state index in [0.717, 1.165) is 29.5 Å². The molecule has 1 N–H and O–H groups in total. The third-order valence-electron chi connectivity index (χ3n) is 3.45. The Labute approximate surface area is 158 Å². The van der Waals surface area contributed by atoms with Crippen LogP contribution >= 0.6 is 22.9 Å². The average Bonchev–Trinajstić information content (AvgIpc) is 2.98. The molecule has 3 rings (SSSR count). The summed E-state index contributed by atoms with van der Waals surface area (Å²) in [5.74, 6) is -0.722. The molecule has 0 aliphatic heterocycles. The molecule has 26 heavy (non-hydrogen) atoms. The quantitative estimate of drug-likeness (QED) is 0.661. The zero-order valence-corrected chi connectivity index (χ0v) is 16.4. The number of benzene rings is 2. The first-order valence-electron chi connectivity index (χ1n) is 7.23. The highest BCUT2D eigenvalue weighted by atomic mass is 35.5. The van der Waals surface area contributed by atoms with Gasteiger partial charge < -0.3 is 0 Å². The molecule has 0 atom stereocenters. The van der Waals surface area contributed by atoms with Crippen molar-refractivity contribution in [2.24, 2.45) is 0 Å². The van der Waals surface area contributed by atoms with Gasteiger partial charge in [-0.3, -0.25) is 4.72 Å². The Morgan fingerprint density at radius 1 is 1.15 bits per heavy atom. The van der Waals surface area contributed by atoms with Gasteiger partial charge in [0, 0.05) is 0 Å². The van der Waals surface area contributed by atoms with E-state index >= 15 is 0 Å². The van der Waals surface area contributed by atoms with Crippen molar-refractivity contribution in [1.29, 1.82) is 0 Å². The number of sulfonamides is 1. The first-order valence-corrected chi connectivity index (χ1v) is 11.6. The number of sulfone groups is 1. The highest BCUT2D eigenvalue weighted by molar-refractivity contribution is 7.93. The summed E-state index contributed by atoms with van der Waals surface area (Å²) >= 11 is 6.77. The zero-order valence-electron chi connectivity index (χ0n) is 13.2. The molecule has 0 bridgehead atoms. The lowest BCUT2D eigenvalue weighted by Gasteiger charge is -2.09. The van der Waals surface area contributed by atoms with Crippen LogP contribution in [0.5, 0.6) is 0 Å². The van der Waals surface area contributed by atoms with Gasteiger partial charge in [0.05, 0.1) is 26.7 Å². The summed E-state index contributed by atoms with van der Waals surface area (Å²) < 4.78 is 64.7. The second-order valence-electron chi connectivity index (χ2n) is 5.25. The normalized spacial score (nSPS) is 12.4. The van der Waals surface area contributed by atoms with Gasteiger partial charge in [-0.1, -0.05) is 18.5 Å². The van der Waals surface area contributed by atoms with Gasteiger partial charge >= 0.3 is 0 Å². The fourth-order valence-corrected chi connectivity index (χ4v) is 6.06. The minimum absolute atomic E-state index is 0.0170. The van der Waals surface area contributed by atoms with Crippen molar-refractivity contribution in [2.45, 2.75) is 16.2 Å². The monoisotopic (exact) mass is 434 g/mol. The SMILES string of the molecule is CCS(=O)(=O)c1nc2ccc(NS(=O)(=O)c3ccc(F)cc3Cl)cc2s1. The standard InChI is InChI=1S/C15H12ClFN2O4S3/c1-2-25(20,21)15-18-12-5-4-10(8-13(12)24-15)19-26(22,23)14-6-3-9(17)7-11(14)16/h3-8,19H,2H2,1H3. The van der Waals surface area contributed by atoms with Crippen LogP contribution in [0.4, 0.5) is 10.1 Å². The third-order valence-corrected chi connectivity index (χ3v) is 8.52. The molecular weight excluding hydrogens is 423 g/mol. The molecule has 138 valence electrons. The molecule has 11 heteroatoms. The minimum Gasteiger partial charge on any atom is -0.280 e. The van der Waals surface area contributed by atoms with Gasteiger partial charge in [-0.05, 0) is 36.4 Å². The summed E-state index contributed by atoms with van der Waals surface area (Å²) in [4.78, 5) is 3.80. The Kier molecular flexibility index (Phi) is 4.95. The summed E-state index contributed by atoms with van der Waals surface area (Å²) in [5.41, 5.74) is 0.659. The van der Waals surface area contributed by atoms with Crippen molar-refractivity contribution in [3.63, 3.8) is 0 Å². The number of thiazole rings is 1. The fourth-order valence-electron chi connectivity index (χ4n) is 2.13. The molecule has 1 aromatic heterocycles. The molecule has 0 saturated carbocycles. The van der Waals surface area contributed by atoms with Crippen LogP contribution in [0.15, 0.2) is 45.6 Å². The van der Waals surface area contributed by atoms with Crippen molar-refractivity contribution in [2.75, 3.05) is 10.5 Å². The van der Waals surface area contributed by atoms with E-state index < -0.39 is 25.7 Å². The molecule has 0 saturated heterocycles. The molecule has 2 aromatic carbocycles. The zero-order chi connectivity index (χ0) is 19.1. The summed E-state index contributed by atoms with van der Waals surface area (Å²) in [5, 5.41) is -0.243. The Hall–Kier alpha value is -1.75. The van der Waals surface area contributed by atoms with Crippen LogP contribution in [0, 0.1) is 5.82 Å². The largest absolute Gasteiger partial charge is 0.280 e. The maximum Gasteiger partial charge on any atom is 0.263 e. The summed E-state index contributed by atoms with van der Waals surface area (Å²) in [6, 6.07) is 7.43. The van der Waals surface area contributed by atoms with E-state index in [1.165, 1.54) is 25.1 Å². The van der Waals surface area contributed by atoms with E-state index in [1.54, 1.807) is 0 Å². The van der Waals surface area contributed by atoms with Gasteiger partial charge in [-0.2, -0.15) is 0 Å². The number of halogens is 2. The van der Waals surface area contributed by atoms with Crippen molar-refractivity contribution in [3.8, 4) is 0 Å². The number of rotatable bonds is 5. The molecule has 0 spiro atoms. The molecule has 0 aliphatic rings. The first-order chi connectivity index (χ1) is 12.1. The Morgan fingerprint density at radius 3 is 2.54 bits per heavy atom. The van der Waals surface area contributed by atoms with Crippen LogP contribution in [-0.2, 0) is 19.9 Å². The lowest BCUT2D eigenvalue weighted by molar-refractivity contribution is 0.596. The predicted octanol–water partition coefficient (Wildman–Crippen LogP) is 3.68. The molecule has 0 aliphatic carbocycles. The molecule has 0 radical (unpaired) electrons. The number of fused-ring (bicyclic) bond motifs is 1. The Balaban J connectivity index is 1.98. The van der Waals surface area contributed by atoms with Gasteiger partial charge in [0.1, 0.15) is 10.7 Å². The summed E-state index contributed by atoms with van der Waals surface area (Å²) in [6.07, 6.45) is 0. The Bertz CT molecular complexity index is 1210. The topological polar surface area (TPSA) is 93.2 Å². The number of anilines is 1. The molecule has 1 heterocycles. The highest BCUT2D eigenvalue weighted by Crippen LogP contribution is 2.30. The maximum atomic E-state index is 13.1. The number of aromatic nitrogens is 1. The van der Waals surface area contributed by atoms with Gasteiger partial charge in [0.25, 0.3) is 10.0 Å². The summed E-state index contributed by atoms with van der Waals surface area (Å²) in [7, 11) is -7.48. The fraction of sp³-hybridized carbons (Fsp3) is 0.133. The second-order valence-corrected chi connectivity index (χ2v) is 10.8. The minimum atomic E-state index is -4.04. The first kappa shape index (κ1) is 19.0. The lowest BCUT2D eigenvalue weighted by atomic mass is 10.3. The maximum absolute atomic E-state index is 13.1. The molecule has 0 amide bonds. The van der Waals surface area contributed by atoms with Crippen molar-refractivity contribution in [1.82, 2.24) is 4.98 Å². The third kappa shape index (κ3) is 3.68. The highest BCUT2D eigenvalue weighted by Gasteiger charge is 2.20. The van der Waals surface area contributed by atoms with Gasteiger partial charge in [-0.25, -0.2) is 26.2 Å². The molecule has 0 unspecified atom stereocenters. The van der Waals surface area contributed by atoms with Crippen molar-refractivity contribution < 1.29 is 21.2 Å². The van der Waals surface area contributed by atoms with Gasteiger partial charge in [-0.15, -0.1) is 11.3 Å². The van der Waals surface area contributed by atoms with E-state index in [4.69, 9.17) is 11.6 Å². The number of nitrogens with zero attached hydrogens (tertiary/aromatic N) is 1. The van der Waals surface area contributed by atoms with E-state index in [2.05, 4.69) is 9.71 Å². The van der Waals surface area contributed by atoms with Crippen LogP contribution in [-0.4, -0.2) is 27.6 Å². The van der Waals surface area contributed by atoms with Crippen molar-refractivity contribution in [3.05, 3.63) is 47.2 Å². The second kappa shape index (κ2) is 6.76. The van der Waals surface area contributed by atoms with E-state index in [-0.39, 0.29) is 25.7 Å². The Morgan fingerprint density at radius 2 is 1.88 bits per heavy atom. The predicted molar refractivity (Wildman–Crippen MR) is 99.6 cm³/mol.